The van der Waals surface area contributed by atoms with Crippen molar-refractivity contribution in [1.29, 1.82) is 0 Å². The van der Waals surface area contributed by atoms with Crippen LogP contribution in [0.15, 0.2) is 48.5 Å². The van der Waals surface area contributed by atoms with Crippen LogP contribution in [-0.2, 0) is 4.79 Å². The van der Waals surface area contributed by atoms with Crippen molar-refractivity contribution in [3.8, 4) is 0 Å². The summed E-state index contributed by atoms with van der Waals surface area (Å²) in [5.74, 6) is 0.508. The van der Waals surface area contributed by atoms with Gasteiger partial charge in [0.15, 0.2) is 0 Å². The molecule has 28 heavy (non-hydrogen) atoms. The van der Waals surface area contributed by atoms with E-state index in [1.165, 1.54) is 11.3 Å². The fourth-order valence-corrected chi connectivity index (χ4v) is 4.44. The monoisotopic (exact) mass is 397 g/mol. The average molecular weight is 398 g/mol. The van der Waals surface area contributed by atoms with Crippen molar-refractivity contribution < 1.29 is 4.79 Å². The Morgan fingerprint density at radius 1 is 0.857 bits per heavy atom. The molecule has 0 bridgehead atoms. The van der Waals surface area contributed by atoms with Gasteiger partial charge in [0, 0.05) is 61.6 Å². The van der Waals surface area contributed by atoms with Gasteiger partial charge in [0.1, 0.15) is 0 Å². The highest BCUT2D eigenvalue weighted by atomic mass is 35.5. The number of piperazine rings is 1. The van der Waals surface area contributed by atoms with Gasteiger partial charge in [-0.05, 0) is 50.1 Å². The summed E-state index contributed by atoms with van der Waals surface area (Å²) >= 11 is 6.11. The van der Waals surface area contributed by atoms with Gasteiger partial charge in [-0.15, -0.1) is 0 Å². The van der Waals surface area contributed by atoms with E-state index in [2.05, 4.69) is 52.0 Å². The Hall–Kier alpha value is -2.20. The molecule has 2 fully saturated rings. The molecule has 0 unspecified atom stereocenters. The molecule has 2 saturated heterocycles. The summed E-state index contributed by atoms with van der Waals surface area (Å²) in [5, 5.41) is 0.761. The molecule has 0 aromatic heterocycles. The molecular weight excluding hydrogens is 370 g/mol. The fourth-order valence-electron chi connectivity index (χ4n) is 4.26. The molecule has 0 saturated carbocycles. The molecule has 4 rings (SSSR count). The smallest absolute Gasteiger partial charge is 0.225 e. The van der Waals surface area contributed by atoms with Gasteiger partial charge in [-0.2, -0.15) is 0 Å². The van der Waals surface area contributed by atoms with Gasteiger partial charge < -0.3 is 14.7 Å². The van der Waals surface area contributed by atoms with E-state index in [9.17, 15) is 4.79 Å². The van der Waals surface area contributed by atoms with Crippen LogP contribution in [0.4, 0.5) is 11.4 Å². The van der Waals surface area contributed by atoms with Crippen LogP contribution < -0.4 is 9.80 Å². The van der Waals surface area contributed by atoms with Gasteiger partial charge in [-0.1, -0.05) is 35.4 Å². The van der Waals surface area contributed by atoms with E-state index in [1.807, 2.05) is 18.2 Å². The number of carbonyl (C=O) groups is 1. The van der Waals surface area contributed by atoms with Crippen molar-refractivity contribution in [1.82, 2.24) is 4.90 Å². The largest absolute Gasteiger partial charge is 0.371 e. The first-order chi connectivity index (χ1) is 13.6. The standard InChI is InChI=1S/C23H28ClN3O/c1-18-5-7-21(8-6-18)25-11-9-19(10-12-25)23(28)27-15-13-26(14-16-27)22-4-2-3-20(24)17-22/h2-8,17,19H,9-16H2,1H3. The van der Waals surface area contributed by atoms with Crippen LogP contribution in [0.3, 0.4) is 0 Å². The molecule has 2 aliphatic heterocycles. The summed E-state index contributed by atoms with van der Waals surface area (Å²) in [6, 6.07) is 16.7. The number of amides is 1. The normalized spacial score (nSPS) is 18.4. The number of hydrogen-bond acceptors (Lipinski definition) is 3. The van der Waals surface area contributed by atoms with Crippen molar-refractivity contribution in [2.45, 2.75) is 19.8 Å². The molecule has 0 radical (unpaired) electrons. The Morgan fingerprint density at radius 2 is 1.50 bits per heavy atom. The van der Waals surface area contributed by atoms with E-state index in [-0.39, 0.29) is 5.92 Å². The topological polar surface area (TPSA) is 26.8 Å². The SMILES string of the molecule is Cc1ccc(N2CCC(C(=O)N3CCN(c4cccc(Cl)c4)CC3)CC2)cc1. The maximum Gasteiger partial charge on any atom is 0.225 e. The van der Waals surface area contributed by atoms with Gasteiger partial charge in [0.2, 0.25) is 5.91 Å². The average Bonchev–Trinajstić information content (AvgIpc) is 2.74. The molecule has 1 amide bonds. The molecule has 0 N–H and O–H groups in total. The molecule has 2 heterocycles. The first kappa shape index (κ1) is 19.1. The van der Waals surface area contributed by atoms with Crippen LogP contribution in [0.2, 0.25) is 5.02 Å². The molecule has 0 spiro atoms. The number of benzene rings is 2. The molecule has 148 valence electrons. The molecule has 0 aliphatic carbocycles. The minimum absolute atomic E-state index is 0.166. The first-order valence-electron chi connectivity index (χ1n) is 10.2. The minimum Gasteiger partial charge on any atom is -0.371 e. The summed E-state index contributed by atoms with van der Waals surface area (Å²) in [4.78, 5) is 19.8. The van der Waals surface area contributed by atoms with Gasteiger partial charge in [-0.25, -0.2) is 0 Å². The predicted molar refractivity (Wildman–Crippen MR) is 116 cm³/mol. The molecule has 2 aromatic rings. The maximum absolute atomic E-state index is 13.0. The van der Waals surface area contributed by atoms with E-state index in [0.29, 0.717) is 5.91 Å². The lowest BCUT2D eigenvalue weighted by atomic mass is 9.94. The van der Waals surface area contributed by atoms with Crippen molar-refractivity contribution in [2.75, 3.05) is 49.1 Å². The lowest BCUT2D eigenvalue weighted by Crippen LogP contribution is -2.51. The van der Waals surface area contributed by atoms with Crippen LogP contribution in [0.5, 0.6) is 0 Å². The first-order valence-corrected chi connectivity index (χ1v) is 10.6. The summed E-state index contributed by atoms with van der Waals surface area (Å²) < 4.78 is 0. The van der Waals surface area contributed by atoms with Crippen LogP contribution in [0, 0.1) is 12.8 Å². The number of aryl methyl sites for hydroxylation is 1. The number of nitrogens with zero attached hydrogens (tertiary/aromatic N) is 3. The van der Waals surface area contributed by atoms with Crippen molar-refractivity contribution >= 4 is 28.9 Å². The second kappa shape index (κ2) is 8.44. The summed E-state index contributed by atoms with van der Waals surface area (Å²) in [5.41, 5.74) is 3.70. The van der Waals surface area contributed by atoms with E-state index in [0.717, 1.165) is 62.8 Å². The zero-order valence-electron chi connectivity index (χ0n) is 16.5. The molecule has 2 aromatic carbocycles. The fraction of sp³-hybridized carbons (Fsp3) is 0.435. The number of piperidine rings is 1. The van der Waals surface area contributed by atoms with Crippen molar-refractivity contribution in [3.63, 3.8) is 0 Å². The highest BCUT2D eigenvalue weighted by Crippen LogP contribution is 2.26. The Kier molecular flexibility index (Phi) is 5.77. The van der Waals surface area contributed by atoms with Crippen LogP contribution >= 0.6 is 11.6 Å². The highest BCUT2D eigenvalue weighted by molar-refractivity contribution is 6.30. The summed E-state index contributed by atoms with van der Waals surface area (Å²) in [7, 11) is 0. The quantitative estimate of drug-likeness (QED) is 0.776. The van der Waals surface area contributed by atoms with E-state index < -0.39 is 0 Å². The number of carbonyl (C=O) groups excluding carboxylic acids is 1. The third-order valence-electron chi connectivity index (χ3n) is 6.01. The zero-order chi connectivity index (χ0) is 19.5. The molecular formula is C23H28ClN3O. The minimum atomic E-state index is 0.166. The van der Waals surface area contributed by atoms with Crippen LogP contribution in [0.1, 0.15) is 18.4 Å². The second-order valence-corrected chi connectivity index (χ2v) is 8.33. The van der Waals surface area contributed by atoms with Gasteiger partial charge >= 0.3 is 0 Å². The Bertz CT molecular complexity index is 807. The summed E-state index contributed by atoms with van der Waals surface area (Å²) in [6.07, 6.45) is 1.89. The molecule has 5 heteroatoms. The predicted octanol–water partition coefficient (Wildman–Crippen LogP) is 4.21. The number of hydrogen-bond donors (Lipinski definition) is 0. The highest BCUT2D eigenvalue weighted by Gasteiger charge is 2.30. The van der Waals surface area contributed by atoms with Crippen LogP contribution in [-0.4, -0.2) is 50.1 Å². The Balaban J connectivity index is 1.28. The van der Waals surface area contributed by atoms with Crippen LogP contribution in [0.25, 0.3) is 0 Å². The third kappa shape index (κ3) is 4.27. The summed E-state index contributed by atoms with van der Waals surface area (Å²) in [6.45, 7) is 7.36. The number of anilines is 2. The lowest BCUT2D eigenvalue weighted by Gasteiger charge is -2.39. The number of rotatable bonds is 3. The molecule has 4 nitrogen and oxygen atoms in total. The molecule has 0 atom stereocenters. The number of halogens is 1. The van der Waals surface area contributed by atoms with Crippen molar-refractivity contribution in [3.05, 3.63) is 59.1 Å². The van der Waals surface area contributed by atoms with Crippen molar-refractivity contribution in [2.24, 2.45) is 5.92 Å². The Labute approximate surface area is 172 Å². The van der Waals surface area contributed by atoms with Gasteiger partial charge in [-0.3, -0.25) is 4.79 Å². The maximum atomic E-state index is 13.0. The third-order valence-corrected chi connectivity index (χ3v) is 6.24. The van der Waals surface area contributed by atoms with E-state index in [4.69, 9.17) is 11.6 Å². The lowest BCUT2D eigenvalue weighted by molar-refractivity contribution is -0.136. The molecule has 2 aliphatic rings. The zero-order valence-corrected chi connectivity index (χ0v) is 17.2. The second-order valence-electron chi connectivity index (χ2n) is 7.89. The van der Waals surface area contributed by atoms with Gasteiger partial charge in [0.25, 0.3) is 0 Å². The Morgan fingerprint density at radius 3 is 2.14 bits per heavy atom. The van der Waals surface area contributed by atoms with E-state index in [1.54, 1.807) is 0 Å². The van der Waals surface area contributed by atoms with E-state index >= 15 is 0 Å². The van der Waals surface area contributed by atoms with Gasteiger partial charge in [0.05, 0.1) is 0 Å².